The van der Waals surface area contributed by atoms with Crippen molar-refractivity contribution in [2.75, 3.05) is 39.5 Å². The standard InChI is InChI=1S/C6H13NO3.Mg/c8-4-1-7(2-5-9)3-6-10;/h8H,1-6H2;/q-2;+2. The molecule has 0 spiro atoms. The number of rotatable bonds is 6. The van der Waals surface area contributed by atoms with E-state index in [1.165, 1.54) is 0 Å². The van der Waals surface area contributed by atoms with Crippen LogP contribution < -0.4 is 10.2 Å². The van der Waals surface area contributed by atoms with Crippen LogP contribution >= 0.6 is 0 Å². The molecule has 0 radical (unpaired) electrons. The number of aliphatic hydroxyl groups is 1. The van der Waals surface area contributed by atoms with E-state index in [9.17, 15) is 10.2 Å². The van der Waals surface area contributed by atoms with Crippen LogP contribution in [0.5, 0.6) is 0 Å². The van der Waals surface area contributed by atoms with Crippen molar-refractivity contribution in [3.05, 3.63) is 0 Å². The Bertz CT molecular complexity index is 60.6. The Kier molecular flexibility index (Phi) is 13.6. The molecular weight excluding hydrogens is 158 g/mol. The second kappa shape index (κ2) is 10.6. The summed E-state index contributed by atoms with van der Waals surface area (Å²) in [5.41, 5.74) is 0. The molecule has 62 valence electrons. The monoisotopic (exact) mass is 171 g/mol. The average molecular weight is 171 g/mol. The number of hydrogen-bond donors (Lipinski definition) is 1. The van der Waals surface area contributed by atoms with E-state index >= 15 is 0 Å². The summed E-state index contributed by atoms with van der Waals surface area (Å²) >= 11 is 0. The molecule has 0 unspecified atom stereocenters. The van der Waals surface area contributed by atoms with Gasteiger partial charge in [-0.25, -0.2) is 0 Å². The van der Waals surface area contributed by atoms with E-state index in [0.29, 0.717) is 19.6 Å². The first-order valence-electron chi connectivity index (χ1n) is 3.34. The normalized spacial score (nSPS) is 9.82. The summed E-state index contributed by atoms with van der Waals surface area (Å²) < 4.78 is 0. The van der Waals surface area contributed by atoms with Gasteiger partial charge in [0.15, 0.2) is 0 Å². The van der Waals surface area contributed by atoms with Crippen LogP contribution in [0.2, 0.25) is 0 Å². The van der Waals surface area contributed by atoms with Crippen LogP contribution in [0.15, 0.2) is 0 Å². The van der Waals surface area contributed by atoms with Gasteiger partial charge in [-0.3, -0.25) is 0 Å². The Hall–Kier alpha value is 0.606. The van der Waals surface area contributed by atoms with Gasteiger partial charge in [0.2, 0.25) is 0 Å². The van der Waals surface area contributed by atoms with Crippen LogP contribution in [0.25, 0.3) is 0 Å². The summed E-state index contributed by atoms with van der Waals surface area (Å²) in [5.74, 6) is 0. The Morgan fingerprint density at radius 3 is 1.73 bits per heavy atom. The fourth-order valence-electron chi connectivity index (χ4n) is 0.735. The smallest absolute Gasteiger partial charge is 0.854 e. The summed E-state index contributed by atoms with van der Waals surface area (Å²) in [4.78, 5) is 1.67. The molecule has 0 aromatic rings. The van der Waals surface area contributed by atoms with Gasteiger partial charge in [0, 0.05) is 6.54 Å². The SMILES string of the molecule is [Mg+2].[O-]CCN(CC[O-])CCO. The molecule has 1 N–H and O–H groups in total. The molecule has 0 amide bonds. The van der Waals surface area contributed by atoms with Crippen LogP contribution in [0.1, 0.15) is 0 Å². The Morgan fingerprint density at radius 2 is 1.45 bits per heavy atom. The predicted octanol–water partition coefficient (Wildman–Crippen LogP) is -3.38. The van der Waals surface area contributed by atoms with E-state index < -0.39 is 0 Å². The fraction of sp³-hybridized carbons (Fsp3) is 1.00. The van der Waals surface area contributed by atoms with E-state index in [1.54, 1.807) is 4.90 Å². The third-order valence-electron chi connectivity index (χ3n) is 1.23. The Labute approximate surface area is 83.0 Å². The molecule has 0 heterocycles. The number of hydrogen-bond acceptors (Lipinski definition) is 4. The molecule has 0 atom stereocenters. The van der Waals surface area contributed by atoms with Gasteiger partial charge in [-0.05, 0) is 13.1 Å². The maximum atomic E-state index is 10.1. The van der Waals surface area contributed by atoms with Crippen molar-refractivity contribution in [1.82, 2.24) is 4.90 Å². The third-order valence-corrected chi connectivity index (χ3v) is 1.23. The van der Waals surface area contributed by atoms with Crippen molar-refractivity contribution in [2.45, 2.75) is 0 Å². The van der Waals surface area contributed by atoms with Gasteiger partial charge in [-0.1, -0.05) is 0 Å². The summed E-state index contributed by atoms with van der Waals surface area (Å²) in [5, 5.41) is 28.6. The summed E-state index contributed by atoms with van der Waals surface area (Å²) in [6, 6.07) is 0. The molecule has 0 aliphatic rings. The first kappa shape index (κ1) is 14.1. The Morgan fingerprint density at radius 1 is 1.00 bits per heavy atom. The van der Waals surface area contributed by atoms with Gasteiger partial charge in [0.1, 0.15) is 0 Å². The molecule has 0 aliphatic heterocycles. The minimum Gasteiger partial charge on any atom is -0.854 e. The zero-order chi connectivity index (χ0) is 7.82. The average Bonchev–Trinajstić information content (AvgIpc) is 1.90. The molecule has 11 heavy (non-hydrogen) atoms. The van der Waals surface area contributed by atoms with Gasteiger partial charge in [0.05, 0.1) is 6.61 Å². The summed E-state index contributed by atoms with van der Waals surface area (Å²) in [6.07, 6.45) is 0. The van der Waals surface area contributed by atoms with Crippen LogP contribution in [0, 0.1) is 0 Å². The molecule has 0 saturated carbocycles. The van der Waals surface area contributed by atoms with Gasteiger partial charge in [-0.2, -0.15) is 0 Å². The van der Waals surface area contributed by atoms with Crippen molar-refractivity contribution < 1.29 is 15.3 Å². The van der Waals surface area contributed by atoms with Gasteiger partial charge >= 0.3 is 23.1 Å². The molecule has 0 aromatic heterocycles. The fourth-order valence-corrected chi connectivity index (χ4v) is 0.735. The molecule has 0 fully saturated rings. The first-order chi connectivity index (χ1) is 4.85. The van der Waals surface area contributed by atoms with Crippen LogP contribution in [-0.2, 0) is 0 Å². The van der Waals surface area contributed by atoms with Crippen molar-refractivity contribution in [1.29, 1.82) is 0 Å². The van der Waals surface area contributed by atoms with E-state index in [4.69, 9.17) is 5.11 Å². The summed E-state index contributed by atoms with van der Waals surface area (Å²) in [7, 11) is 0. The van der Waals surface area contributed by atoms with Crippen LogP contribution in [-0.4, -0.2) is 72.5 Å². The molecule has 0 saturated heterocycles. The van der Waals surface area contributed by atoms with E-state index in [1.807, 2.05) is 0 Å². The second-order valence-electron chi connectivity index (χ2n) is 1.97. The van der Waals surface area contributed by atoms with Crippen LogP contribution in [0.4, 0.5) is 0 Å². The minimum atomic E-state index is -0.208. The van der Waals surface area contributed by atoms with Crippen molar-refractivity contribution in [3.8, 4) is 0 Å². The van der Waals surface area contributed by atoms with Crippen molar-refractivity contribution in [2.24, 2.45) is 0 Å². The van der Waals surface area contributed by atoms with Gasteiger partial charge in [0.25, 0.3) is 0 Å². The molecule has 5 heteroatoms. The zero-order valence-corrected chi connectivity index (χ0v) is 8.07. The zero-order valence-electron chi connectivity index (χ0n) is 6.66. The Balaban J connectivity index is 0. The number of aliphatic hydroxyl groups excluding tert-OH is 1. The minimum absolute atomic E-state index is 0. The van der Waals surface area contributed by atoms with Crippen LogP contribution in [0.3, 0.4) is 0 Å². The van der Waals surface area contributed by atoms with E-state index in [0.717, 1.165) is 0 Å². The maximum absolute atomic E-state index is 10.1. The van der Waals surface area contributed by atoms with Crippen molar-refractivity contribution >= 4 is 23.1 Å². The van der Waals surface area contributed by atoms with Crippen molar-refractivity contribution in [3.63, 3.8) is 0 Å². The molecule has 0 aromatic carbocycles. The third kappa shape index (κ3) is 8.51. The molecule has 0 aliphatic carbocycles. The second-order valence-corrected chi connectivity index (χ2v) is 1.97. The molecule has 0 bridgehead atoms. The largest absolute Gasteiger partial charge is 2.00 e. The topological polar surface area (TPSA) is 69.6 Å². The number of nitrogens with zero attached hydrogens (tertiary/aromatic N) is 1. The van der Waals surface area contributed by atoms with Gasteiger partial charge < -0.3 is 20.2 Å². The molecule has 0 rings (SSSR count). The predicted molar refractivity (Wildman–Crippen MR) is 39.0 cm³/mol. The molecule has 4 nitrogen and oxygen atoms in total. The van der Waals surface area contributed by atoms with E-state index in [-0.39, 0.29) is 42.9 Å². The first-order valence-corrected chi connectivity index (χ1v) is 3.34. The van der Waals surface area contributed by atoms with E-state index in [2.05, 4.69) is 0 Å². The quantitative estimate of drug-likeness (QED) is 0.424. The van der Waals surface area contributed by atoms with Gasteiger partial charge in [-0.15, -0.1) is 13.2 Å². The maximum Gasteiger partial charge on any atom is 2.00 e. The summed E-state index contributed by atoms with van der Waals surface area (Å²) in [6.45, 7) is 0.760. The molecular formula is C6H13MgNO3.